The normalized spacial score (nSPS) is 18.4. The van der Waals surface area contributed by atoms with Gasteiger partial charge in [-0.25, -0.2) is 0 Å². The first kappa shape index (κ1) is 15.9. The first-order chi connectivity index (χ1) is 9.51. The Kier molecular flexibility index (Phi) is 5.51. The van der Waals surface area contributed by atoms with Crippen molar-refractivity contribution in [3.8, 4) is 0 Å². The van der Waals surface area contributed by atoms with E-state index in [9.17, 15) is 0 Å². The molecule has 1 aromatic rings. The predicted molar refractivity (Wildman–Crippen MR) is 88.6 cm³/mol. The Hall–Kier alpha value is -0.530. The van der Waals surface area contributed by atoms with Crippen LogP contribution in [0.15, 0.2) is 24.3 Å². The number of hydrogen-bond donors (Lipinski definition) is 0. The van der Waals surface area contributed by atoms with Crippen molar-refractivity contribution in [2.75, 3.05) is 19.6 Å². The zero-order valence-corrected chi connectivity index (χ0v) is 13.9. The van der Waals surface area contributed by atoms with Gasteiger partial charge in [-0.15, -0.1) is 0 Å². The second-order valence-electron chi connectivity index (χ2n) is 6.83. The molecule has 1 fully saturated rings. The van der Waals surface area contributed by atoms with E-state index in [0.29, 0.717) is 0 Å². The summed E-state index contributed by atoms with van der Waals surface area (Å²) in [7, 11) is 0. The molecule has 0 N–H and O–H groups in total. The highest BCUT2D eigenvalue weighted by Gasteiger charge is 2.23. The molecule has 0 saturated carbocycles. The van der Waals surface area contributed by atoms with Gasteiger partial charge in [0.1, 0.15) is 0 Å². The lowest BCUT2D eigenvalue weighted by Gasteiger charge is -2.34. The molecule has 1 aliphatic heterocycles. The van der Waals surface area contributed by atoms with Crippen molar-refractivity contribution < 1.29 is 0 Å². The molecule has 1 aromatic carbocycles. The first-order valence-electron chi connectivity index (χ1n) is 7.99. The average molecular weight is 294 g/mol. The van der Waals surface area contributed by atoms with Gasteiger partial charge in [-0.1, -0.05) is 50.9 Å². The summed E-state index contributed by atoms with van der Waals surface area (Å²) in [5, 5.41) is 0.825. The molecule has 20 heavy (non-hydrogen) atoms. The van der Waals surface area contributed by atoms with Crippen molar-refractivity contribution in [2.45, 2.75) is 51.9 Å². The van der Waals surface area contributed by atoms with Crippen LogP contribution in [0.5, 0.6) is 0 Å². The molecule has 1 saturated heterocycles. The molecular formula is C18H28ClN. The SMILES string of the molecule is CCC1CCN(CCC(C)(C)c2ccc(Cl)cc2)CC1. The Balaban J connectivity index is 1.85. The molecule has 1 nitrogen and oxygen atoms in total. The fourth-order valence-electron chi connectivity index (χ4n) is 3.10. The van der Waals surface area contributed by atoms with Gasteiger partial charge in [0.25, 0.3) is 0 Å². The maximum absolute atomic E-state index is 5.98. The second kappa shape index (κ2) is 6.95. The maximum Gasteiger partial charge on any atom is 0.0406 e. The van der Waals surface area contributed by atoms with E-state index in [-0.39, 0.29) is 5.41 Å². The molecule has 112 valence electrons. The van der Waals surface area contributed by atoms with Crippen molar-refractivity contribution in [1.82, 2.24) is 4.90 Å². The number of rotatable bonds is 5. The summed E-state index contributed by atoms with van der Waals surface area (Å²) in [6.45, 7) is 10.8. The van der Waals surface area contributed by atoms with E-state index in [1.807, 2.05) is 12.1 Å². The van der Waals surface area contributed by atoms with Gasteiger partial charge < -0.3 is 4.90 Å². The van der Waals surface area contributed by atoms with Crippen LogP contribution < -0.4 is 0 Å². The van der Waals surface area contributed by atoms with Crippen molar-refractivity contribution in [3.05, 3.63) is 34.9 Å². The minimum absolute atomic E-state index is 0.228. The molecule has 0 bridgehead atoms. The van der Waals surface area contributed by atoms with Crippen LogP contribution in [0.4, 0.5) is 0 Å². The Bertz CT molecular complexity index is 402. The summed E-state index contributed by atoms with van der Waals surface area (Å²) in [5.74, 6) is 0.968. The third-order valence-corrected chi connectivity index (χ3v) is 5.22. The monoisotopic (exact) mass is 293 g/mol. The van der Waals surface area contributed by atoms with Crippen LogP contribution in [-0.2, 0) is 5.41 Å². The largest absolute Gasteiger partial charge is 0.303 e. The molecule has 0 aliphatic carbocycles. The number of likely N-dealkylation sites (tertiary alicyclic amines) is 1. The van der Waals surface area contributed by atoms with Crippen LogP contribution in [0.3, 0.4) is 0 Å². The molecule has 2 heteroatoms. The summed E-state index contributed by atoms with van der Waals surface area (Å²) < 4.78 is 0. The molecular weight excluding hydrogens is 266 g/mol. The van der Waals surface area contributed by atoms with E-state index in [1.54, 1.807) is 0 Å². The molecule has 0 unspecified atom stereocenters. The topological polar surface area (TPSA) is 3.24 Å². The zero-order chi connectivity index (χ0) is 14.6. The summed E-state index contributed by atoms with van der Waals surface area (Å²) in [5.41, 5.74) is 1.62. The fourth-order valence-corrected chi connectivity index (χ4v) is 3.23. The Labute approximate surface area is 129 Å². The summed E-state index contributed by atoms with van der Waals surface area (Å²) in [6, 6.07) is 8.36. The van der Waals surface area contributed by atoms with Crippen LogP contribution in [0.25, 0.3) is 0 Å². The number of benzene rings is 1. The van der Waals surface area contributed by atoms with Crippen molar-refractivity contribution in [1.29, 1.82) is 0 Å². The van der Waals surface area contributed by atoms with Gasteiger partial charge in [-0.2, -0.15) is 0 Å². The molecule has 0 amide bonds. The molecule has 0 atom stereocenters. The maximum atomic E-state index is 5.98. The van der Waals surface area contributed by atoms with Gasteiger partial charge in [0.2, 0.25) is 0 Å². The van der Waals surface area contributed by atoms with Crippen LogP contribution in [0, 0.1) is 5.92 Å². The van der Waals surface area contributed by atoms with Crippen molar-refractivity contribution in [2.24, 2.45) is 5.92 Å². The fraction of sp³-hybridized carbons (Fsp3) is 0.667. The Morgan fingerprint density at radius 2 is 1.75 bits per heavy atom. The summed E-state index contributed by atoms with van der Waals surface area (Å²) in [4.78, 5) is 2.64. The molecule has 0 radical (unpaired) electrons. The van der Waals surface area contributed by atoms with E-state index in [0.717, 1.165) is 10.9 Å². The lowest BCUT2D eigenvalue weighted by molar-refractivity contribution is 0.170. The minimum Gasteiger partial charge on any atom is -0.303 e. The van der Waals surface area contributed by atoms with Crippen molar-refractivity contribution in [3.63, 3.8) is 0 Å². The lowest BCUT2D eigenvalue weighted by atomic mass is 9.81. The molecule has 2 rings (SSSR count). The molecule has 0 aromatic heterocycles. The third kappa shape index (κ3) is 4.23. The van der Waals surface area contributed by atoms with Gasteiger partial charge in [-0.05, 0) is 67.9 Å². The highest BCUT2D eigenvalue weighted by Crippen LogP contribution is 2.29. The molecule has 1 heterocycles. The van der Waals surface area contributed by atoms with Gasteiger partial charge in [-0.3, -0.25) is 0 Å². The number of halogens is 1. The Morgan fingerprint density at radius 3 is 2.30 bits per heavy atom. The highest BCUT2D eigenvalue weighted by atomic mass is 35.5. The second-order valence-corrected chi connectivity index (χ2v) is 7.27. The minimum atomic E-state index is 0.228. The van der Waals surface area contributed by atoms with E-state index in [1.165, 1.54) is 50.9 Å². The van der Waals surface area contributed by atoms with Gasteiger partial charge in [0.05, 0.1) is 0 Å². The van der Waals surface area contributed by atoms with E-state index < -0.39 is 0 Å². The average Bonchev–Trinajstić information content (AvgIpc) is 2.46. The Morgan fingerprint density at radius 1 is 1.15 bits per heavy atom. The quantitative estimate of drug-likeness (QED) is 0.727. The van der Waals surface area contributed by atoms with E-state index in [2.05, 4.69) is 37.8 Å². The zero-order valence-electron chi connectivity index (χ0n) is 13.2. The summed E-state index contributed by atoms with van der Waals surface area (Å²) in [6.07, 6.45) is 5.34. The lowest BCUT2D eigenvalue weighted by Crippen LogP contribution is -2.36. The van der Waals surface area contributed by atoms with E-state index >= 15 is 0 Å². The number of hydrogen-bond acceptors (Lipinski definition) is 1. The highest BCUT2D eigenvalue weighted by molar-refractivity contribution is 6.30. The van der Waals surface area contributed by atoms with Crippen LogP contribution >= 0.6 is 11.6 Å². The summed E-state index contributed by atoms with van der Waals surface area (Å²) >= 11 is 5.98. The molecule has 1 aliphatic rings. The number of nitrogens with zero attached hydrogens (tertiary/aromatic N) is 1. The van der Waals surface area contributed by atoms with Crippen LogP contribution in [0.2, 0.25) is 5.02 Å². The van der Waals surface area contributed by atoms with Crippen LogP contribution in [-0.4, -0.2) is 24.5 Å². The standard InChI is InChI=1S/C18H28ClN/c1-4-15-9-12-20(13-10-15)14-11-18(2,3)16-5-7-17(19)8-6-16/h5-8,15H,4,9-14H2,1-3H3. The first-order valence-corrected chi connectivity index (χ1v) is 8.37. The van der Waals surface area contributed by atoms with Gasteiger partial charge in [0.15, 0.2) is 0 Å². The van der Waals surface area contributed by atoms with Crippen LogP contribution in [0.1, 0.15) is 52.0 Å². The number of piperidine rings is 1. The van der Waals surface area contributed by atoms with Gasteiger partial charge >= 0.3 is 0 Å². The van der Waals surface area contributed by atoms with Crippen molar-refractivity contribution >= 4 is 11.6 Å². The predicted octanol–water partition coefficient (Wildman–Crippen LogP) is 5.13. The molecule has 0 spiro atoms. The van der Waals surface area contributed by atoms with Gasteiger partial charge in [0, 0.05) is 5.02 Å². The van der Waals surface area contributed by atoms with E-state index in [4.69, 9.17) is 11.6 Å². The third-order valence-electron chi connectivity index (χ3n) is 4.96. The smallest absolute Gasteiger partial charge is 0.0406 e.